The molecule has 6 heteroatoms. The molecule has 0 unspecified atom stereocenters. The molecule has 1 N–H and O–H groups in total. The van der Waals surface area contributed by atoms with E-state index in [1.165, 1.54) is 6.20 Å². The van der Waals surface area contributed by atoms with Gasteiger partial charge in [-0.05, 0) is 17.7 Å². The van der Waals surface area contributed by atoms with E-state index in [9.17, 15) is 8.42 Å². The van der Waals surface area contributed by atoms with Gasteiger partial charge in [0.25, 0.3) is 10.1 Å². The van der Waals surface area contributed by atoms with Gasteiger partial charge in [-0.25, -0.2) is 0 Å². The van der Waals surface area contributed by atoms with E-state index in [-0.39, 0.29) is 0 Å². The molecule has 5 nitrogen and oxygen atoms in total. The van der Waals surface area contributed by atoms with E-state index in [1.54, 1.807) is 12.3 Å². The molecule has 96 valence electrons. The van der Waals surface area contributed by atoms with E-state index in [0.717, 1.165) is 21.8 Å². The first-order valence-electron chi connectivity index (χ1n) is 5.60. The van der Waals surface area contributed by atoms with Crippen LogP contribution in [0, 0.1) is 0 Å². The Labute approximate surface area is 109 Å². The molecule has 3 rings (SSSR count). The quantitative estimate of drug-likeness (QED) is 0.572. The molecule has 3 aromatic rings. The van der Waals surface area contributed by atoms with Gasteiger partial charge in [0.1, 0.15) is 5.75 Å². The molecule has 0 aliphatic heterocycles. The Bertz CT molecular complexity index is 875. The van der Waals surface area contributed by atoms with Crippen molar-refractivity contribution >= 4 is 31.9 Å². The largest absolute Gasteiger partial charge is 0.285 e. The summed E-state index contributed by atoms with van der Waals surface area (Å²) in [7, 11) is -4.04. The average molecular weight is 274 g/mol. The molecule has 0 fully saturated rings. The maximum Gasteiger partial charge on any atom is 0.269 e. The normalized spacial score (nSPS) is 12.1. The van der Waals surface area contributed by atoms with Crippen molar-refractivity contribution in [1.82, 2.24) is 9.97 Å². The maximum absolute atomic E-state index is 10.9. The fourth-order valence-electron chi connectivity index (χ4n) is 2.07. The summed E-state index contributed by atoms with van der Waals surface area (Å²) in [5, 5.41) is 1.78. The minimum absolute atomic E-state index is 0.434. The maximum atomic E-state index is 10.9. The fraction of sp³-hybridized carbons (Fsp3) is 0.0769. The standard InChI is InChI=1S/C13H10N2O3S/c16-19(17,18)8-9-6-11-4-3-10-2-1-5-14-12(10)13(11)15-7-9/h1-7H,8H2,(H,16,17,18). The Balaban J connectivity index is 2.22. The third kappa shape index (κ3) is 2.40. The minimum Gasteiger partial charge on any atom is -0.285 e. The van der Waals surface area contributed by atoms with Crippen LogP contribution in [0.3, 0.4) is 0 Å². The zero-order valence-corrected chi connectivity index (χ0v) is 10.6. The molecule has 0 bridgehead atoms. The zero-order valence-electron chi connectivity index (χ0n) is 9.81. The third-order valence-electron chi connectivity index (χ3n) is 2.83. The van der Waals surface area contributed by atoms with Gasteiger partial charge in [0, 0.05) is 23.2 Å². The molecule has 1 aromatic carbocycles. The smallest absolute Gasteiger partial charge is 0.269 e. The summed E-state index contributed by atoms with van der Waals surface area (Å²) in [5.74, 6) is -0.434. The summed E-state index contributed by atoms with van der Waals surface area (Å²) in [5.41, 5.74) is 1.95. The van der Waals surface area contributed by atoms with Crippen LogP contribution in [0.15, 0.2) is 42.7 Å². The first kappa shape index (κ1) is 12.0. The van der Waals surface area contributed by atoms with Crippen molar-refractivity contribution in [3.63, 3.8) is 0 Å². The minimum atomic E-state index is -4.04. The van der Waals surface area contributed by atoms with Crippen LogP contribution < -0.4 is 0 Å². The van der Waals surface area contributed by atoms with Gasteiger partial charge in [-0.2, -0.15) is 8.42 Å². The molecule has 0 saturated carbocycles. The highest BCUT2D eigenvalue weighted by Gasteiger charge is 2.09. The summed E-state index contributed by atoms with van der Waals surface area (Å²) in [6, 6.07) is 9.25. The molecule has 0 aliphatic rings. The Morgan fingerprint density at radius 3 is 2.58 bits per heavy atom. The molecule has 19 heavy (non-hydrogen) atoms. The van der Waals surface area contributed by atoms with Crippen LogP contribution in [0.25, 0.3) is 21.8 Å². The number of hydrogen-bond acceptors (Lipinski definition) is 4. The van der Waals surface area contributed by atoms with E-state index in [1.807, 2.05) is 24.3 Å². The lowest BCUT2D eigenvalue weighted by atomic mass is 10.1. The van der Waals surface area contributed by atoms with Gasteiger partial charge in [-0.1, -0.05) is 18.2 Å². The second kappa shape index (κ2) is 4.25. The number of fused-ring (bicyclic) bond motifs is 3. The number of aromatic nitrogens is 2. The van der Waals surface area contributed by atoms with Crippen molar-refractivity contribution < 1.29 is 13.0 Å². The Morgan fingerprint density at radius 2 is 1.79 bits per heavy atom. The second-order valence-corrected chi connectivity index (χ2v) is 5.73. The number of benzene rings is 1. The van der Waals surface area contributed by atoms with E-state index >= 15 is 0 Å². The number of pyridine rings is 2. The summed E-state index contributed by atoms with van der Waals surface area (Å²) in [6.07, 6.45) is 3.14. The van der Waals surface area contributed by atoms with Gasteiger partial charge >= 0.3 is 0 Å². The van der Waals surface area contributed by atoms with Gasteiger partial charge in [0.05, 0.1) is 11.0 Å². The van der Waals surface area contributed by atoms with E-state index < -0.39 is 15.9 Å². The lowest BCUT2D eigenvalue weighted by Gasteiger charge is -2.04. The number of hydrogen-bond donors (Lipinski definition) is 1. The molecular weight excluding hydrogens is 264 g/mol. The molecule has 2 heterocycles. The van der Waals surface area contributed by atoms with Crippen molar-refractivity contribution in [2.75, 3.05) is 0 Å². The monoisotopic (exact) mass is 274 g/mol. The highest BCUT2D eigenvalue weighted by Crippen LogP contribution is 2.22. The van der Waals surface area contributed by atoms with Crippen molar-refractivity contribution in [3.8, 4) is 0 Å². The fourth-order valence-corrected chi connectivity index (χ4v) is 2.65. The van der Waals surface area contributed by atoms with Crippen LogP contribution in [0.2, 0.25) is 0 Å². The summed E-state index contributed by atoms with van der Waals surface area (Å²) in [4.78, 5) is 8.54. The molecule has 0 radical (unpaired) electrons. The Kier molecular flexibility index (Phi) is 2.69. The van der Waals surface area contributed by atoms with Crippen molar-refractivity contribution in [1.29, 1.82) is 0 Å². The van der Waals surface area contributed by atoms with Crippen LogP contribution in [0.1, 0.15) is 5.56 Å². The summed E-state index contributed by atoms with van der Waals surface area (Å²) < 4.78 is 30.6. The van der Waals surface area contributed by atoms with Crippen LogP contribution in [0.4, 0.5) is 0 Å². The first-order chi connectivity index (χ1) is 9.03. The second-order valence-electron chi connectivity index (χ2n) is 4.28. The van der Waals surface area contributed by atoms with Crippen molar-refractivity contribution in [2.45, 2.75) is 5.75 Å². The van der Waals surface area contributed by atoms with Gasteiger partial charge in [0.15, 0.2) is 0 Å². The lowest BCUT2D eigenvalue weighted by Crippen LogP contribution is -2.02. The number of nitrogens with zero attached hydrogens (tertiary/aromatic N) is 2. The van der Waals surface area contributed by atoms with Gasteiger partial charge < -0.3 is 0 Å². The van der Waals surface area contributed by atoms with Gasteiger partial charge in [0.2, 0.25) is 0 Å². The molecule has 0 atom stereocenters. The van der Waals surface area contributed by atoms with E-state index in [4.69, 9.17) is 4.55 Å². The summed E-state index contributed by atoms with van der Waals surface area (Å²) in [6.45, 7) is 0. The van der Waals surface area contributed by atoms with Crippen LogP contribution >= 0.6 is 0 Å². The Morgan fingerprint density at radius 1 is 1.05 bits per heavy atom. The molecular formula is C13H10N2O3S. The SMILES string of the molecule is O=S(=O)(O)Cc1cnc2c(ccc3cccnc32)c1. The molecule has 0 spiro atoms. The van der Waals surface area contributed by atoms with Crippen molar-refractivity contribution in [3.05, 3.63) is 48.3 Å². The number of rotatable bonds is 2. The van der Waals surface area contributed by atoms with Crippen molar-refractivity contribution in [2.24, 2.45) is 0 Å². The van der Waals surface area contributed by atoms with E-state index in [2.05, 4.69) is 9.97 Å². The van der Waals surface area contributed by atoms with Gasteiger partial charge in [-0.15, -0.1) is 0 Å². The average Bonchev–Trinajstić information content (AvgIpc) is 2.36. The molecule has 2 aromatic heterocycles. The third-order valence-corrected chi connectivity index (χ3v) is 3.53. The predicted molar refractivity (Wildman–Crippen MR) is 72.3 cm³/mol. The highest BCUT2D eigenvalue weighted by atomic mass is 32.2. The molecule has 0 aliphatic carbocycles. The lowest BCUT2D eigenvalue weighted by molar-refractivity contribution is 0.482. The summed E-state index contributed by atoms with van der Waals surface area (Å²) >= 11 is 0. The van der Waals surface area contributed by atoms with Crippen LogP contribution in [-0.4, -0.2) is 22.9 Å². The van der Waals surface area contributed by atoms with Crippen LogP contribution in [0.5, 0.6) is 0 Å². The van der Waals surface area contributed by atoms with Crippen LogP contribution in [-0.2, 0) is 15.9 Å². The molecule has 0 saturated heterocycles. The highest BCUT2D eigenvalue weighted by molar-refractivity contribution is 7.85. The Hall–Kier alpha value is -2.05. The zero-order chi connectivity index (χ0) is 13.5. The topological polar surface area (TPSA) is 80.2 Å². The first-order valence-corrected chi connectivity index (χ1v) is 7.21. The van der Waals surface area contributed by atoms with Gasteiger partial charge in [-0.3, -0.25) is 14.5 Å². The van der Waals surface area contributed by atoms with E-state index in [0.29, 0.717) is 5.56 Å². The molecule has 0 amide bonds. The predicted octanol–water partition coefficient (Wildman–Crippen LogP) is 2.17.